The maximum absolute atomic E-state index is 12.0. The fourth-order valence-corrected chi connectivity index (χ4v) is 2.39. The van der Waals surface area contributed by atoms with Gasteiger partial charge in [-0.05, 0) is 19.9 Å². The van der Waals surface area contributed by atoms with E-state index >= 15 is 0 Å². The number of hydrogen-bond donors (Lipinski definition) is 2. The van der Waals surface area contributed by atoms with Gasteiger partial charge in [-0.15, -0.1) is 0 Å². The Kier molecular flexibility index (Phi) is 3.88. The Hall–Kier alpha value is -2.51. The number of aromatic amines is 1. The van der Waals surface area contributed by atoms with Crippen LogP contribution in [0.25, 0.3) is 0 Å². The molecule has 0 amide bonds. The van der Waals surface area contributed by atoms with Gasteiger partial charge < -0.3 is 10.6 Å². The molecule has 21 heavy (non-hydrogen) atoms. The normalized spacial score (nSPS) is 10.9. The summed E-state index contributed by atoms with van der Waals surface area (Å²) < 4.78 is 3.09. The predicted molar refractivity (Wildman–Crippen MR) is 81.5 cm³/mol. The van der Waals surface area contributed by atoms with Crippen LogP contribution in [0.15, 0.2) is 15.7 Å². The highest BCUT2D eigenvalue weighted by molar-refractivity contribution is 5.62. The lowest BCUT2D eigenvalue weighted by Crippen LogP contribution is -2.36. The Labute approximate surface area is 121 Å². The lowest BCUT2D eigenvalue weighted by atomic mass is 10.3. The van der Waals surface area contributed by atoms with Crippen LogP contribution in [0.1, 0.15) is 18.3 Å². The van der Waals surface area contributed by atoms with E-state index in [1.165, 1.54) is 4.57 Å². The number of nitrogens with two attached hydrogens (primary N) is 1. The quantitative estimate of drug-likeness (QED) is 0.813. The lowest BCUT2D eigenvalue weighted by molar-refractivity contribution is 0.680. The highest BCUT2D eigenvalue weighted by Crippen LogP contribution is 2.17. The summed E-state index contributed by atoms with van der Waals surface area (Å²) in [6.07, 6.45) is 0. The van der Waals surface area contributed by atoms with Crippen LogP contribution in [0.4, 0.5) is 11.5 Å². The van der Waals surface area contributed by atoms with Crippen molar-refractivity contribution in [3.8, 4) is 0 Å². The number of anilines is 2. The van der Waals surface area contributed by atoms with Gasteiger partial charge in [0.2, 0.25) is 0 Å². The highest BCUT2D eigenvalue weighted by atomic mass is 16.2. The van der Waals surface area contributed by atoms with E-state index in [4.69, 9.17) is 5.73 Å². The van der Waals surface area contributed by atoms with Crippen LogP contribution in [0.2, 0.25) is 0 Å². The summed E-state index contributed by atoms with van der Waals surface area (Å²) in [6.45, 7) is 4.56. The third-order valence-electron chi connectivity index (χ3n) is 3.41. The second-order valence-electron chi connectivity index (χ2n) is 4.99. The van der Waals surface area contributed by atoms with E-state index in [1.54, 1.807) is 23.6 Å². The highest BCUT2D eigenvalue weighted by Gasteiger charge is 2.16. The molecule has 3 N–H and O–H groups in total. The standard InChI is InChI=1S/C13H20N6O2/c1-5-19-11(14)10(12(20)15-13(19)21)17(3)7-9-6-8(2)16-18(9)4/h6H,5,7,14H2,1-4H3,(H,15,20,21). The Bertz CT molecular complexity index is 770. The molecular formula is C13H20N6O2. The van der Waals surface area contributed by atoms with Crippen LogP contribution in [-0.4, -0.2) is 26.4 Å². The first-order valence-electron chi connectivity index (χ1n) is 6.68. The van der Waals surface area contributed by atoms with Crippen molar-refractivity contribution in [1.82, 2.24) is 19.3 Å². The SMILES string of the molecule is CCn1c(N)c(N(C)Cc2cc(C)nn2C)c(=O)[nH]c1=O. The topological polar surface area (TPSA) is 102 Å². The molecule has 2 aromatic rings. The number of aryl methyl sites for hydroxylation is 2. The predicted octanol–water partition coefficient (Wildman–Crippen LogP) is -0.183. The molecule has 8 nitrogen and oxygen atoms in total. The molecule has 114 valence electrons. The summed E-state index contributed by atoms with van der Waals surface area (Å²) >= 11 is 0. The first kappa shape index (κ1) is 14.9. The molecule has 0 aliphatic heterocycles. The summed E-state index contributed by atoms with van der Waals surface area (Å²) in [5.74, 6) is 0.174. The molecule has 2 aromatic heterocycles. The molecule has 0 bridgehead atoms. The van der Waals surface area contributed by atoms with Crippen molar-refractivity contribution in [1.29, 1.82) is 0 Å². The van der Waals surface area contributed by atoms with Gasteiger partial charge >= 0.3 is 5.69 Å². The van der Waals surface area contributed by atoms with Crippen LogP contribution in [0.3, 0.4) is 0 Å². The van der Waals surface area contributed by atoms with Gasteiger partial charge in [-0.1, -0.05) is 0 Å². The van der Waals surface area contributed by atoms with E-state index in [2.05, 4.69) is 10.1 Å². The largest absolute Gasteiger partial charge is 0.383 e. The van der Waals surface area contributed by atoms with Crippen molar-refractivity contribution in [2.75, 3.05) is 17.7 Å². The average Bonchev–Trinajstić information content (AvgIpc) is 2.67. The number of hydrogen-bond acceptors (Lipinski definition) is 5. The van der Waals surface area contributed by atoms with Gasteiger partial charge in [-0.3, -0.25) is 19.0 Å². The minimum atomic E-state index is -0.492. The first-order chi connectivity index (χ1) is 9.85. The van der Waals surface area contributed by atoms with E-state index in [0.29, 0.717) is 13.1 Å². The second-order valence-corrected chi connectivity index (χ2v) is 4.99. The summed E-state index contributed by atoms with van der Waals surface area (Å²) in [5.41, 5.74) is 7.14. The van der Waals surface area contributed by atoms with Crippen LogP contribution in [-0.2, 0) is 20.1 Å². The van der Waals surface area contributed by atoms with Crippen molar-refractivity contribution in [3.63, 3.8) is 0 Å². The minimum absolute atomic E-state index is 0.174. The Morgan fingerprint density at radius 1 is 1.43 bits per heavy atom. The van der Waals surface area contributed by atoms with Crippen molar-refractivity contribution in [3.05, 3.63) is 38.3 Å². The van der Waals surface area contributed by atoms with Crippen LogP contribution in [0.5, 0.6) is 0 Å². The summed E-state index contributed by atoms with van der Waals surface area (Å²) in [6, 6.07) is 1.94. The molecule has 8 heteroatoms. The van der Waals surface area contributed by atoms with Gasteiger partial charge in [0, 0.05) is 20.6 Å². The summed E-state index contributed by atoms with van der Waals surface area (Å²) in [7, 11) is 3.60. The number of H-pyrrole nitrogens is 1. The monoisotopic (exact) mass is 292 g/mol. The molecule has 2 rings (SSSR count). The molecule has 0 unspecified atom stereocenters. The Balaban J connectivity index is 2.44. The minimum Gasteiger partial charge on any atom is -0.383 e. The first-order valence-corrected chi connectivity index (χ1v) is 6.68. The van der Waals surface area contributed by atoms with Crippen molar-refractivity contribution >= 4 is 11.5 Å². The molecule has 2 heterocycles. The Morgan fingerprint density at radius 3 is 2.62 bits per heavy atom. The zero-order chi connectivity index (χ0) is 15.7. The molecular weight excluding hydrogens is 272 g/mol. The third kappa shape index (κ3) is 2.69. The molecule has 0 aliphatic carbocycles. The van der Waals surface area contributed by atoms with Crippen LogP contribution >= 0.6 is 0 Å². The number of nitrogens with one attached hydrogen (secondary N) is 1. The Morgan fingerprint density at radius 2 is 2.10 bits per heavy atom. The maximum atomic E-state index is 12.0. The van der Waals surface area contributed by atoms with Crippen molar-refractivity contribution < 1.29 is 0 Å². The smallest absolute Gasteiger partial charge is 0.330 e. The average molecular weight is 292 g/mol. The van der Waals surface area contributed by atoms with Crippen LogP contribution < -0.4 is 21.9 Å². The lowest BCUT2D eigenvalue weighted by Gasteiger charge is -2.21. The van der Waals surface area contributed by atoms with Crippen LogP contribution in [0, 0.1) is 6.92 Å². The maximum Gasteiger partial charge on any atom is 0.330 e. The summed E-state index contributed by atoms with van der Waals surface area (Å²) in [5, 5.41) is 4.27. The van der Waals surface area contributed by atoms with Crippen molar-refractivity contribution in [2.45, 2.75) is 26.9 Å². The van der Waals surface area contributed by atoms with E-state index < -0.39 is 11.2 Å². The molecule has 0 saturated carbocycles. The number of nitrogens with zero attached hydrogens (tertiary/aromatic N) is 4. The van der Waals surface area contributed by atoms with Gasteiger partial charge in [-0.25, -0.2) is 4.79 Å². The zero-order valence-corrected chi connectivity index (χ0v) is 12.7. The second kappa shape index (κ2) is 5.47. The summed E-state index contributed by atoms with van der Waals surface area (Å²) in [4.78, 5) is 27.7. The molecule has 0 fully saturated rings. The van der Waals surface area contributed by atoms with Gasteiger partial charge in [-0.2, -0.15) is 5.10 Å². The molecule has 0 atom stereocenters. The van der Waals surface area contributed by atoms with E-state index in [-0.39, 0.29) is 11.5 Å². The number of aromatic nitrogens is 4. The molecule has 0 spiro atoms. The van der Waals surface area contributed by atoms with Gasteiger partial charge in [0.25, 0.3) is 5.56 Å². The van der Waals surface area contributed by atoms with Gasteiger partial charge in [0.1, 0.15) is 11.5 Å². The van der Waals surface area contributed by atoms with E-state index in [1.807, 2.05) is 20.0 Å². The number of rotatable bonds is 4. The molecule has 0 saturated heterocycles. The third-order valence-corrected chi connectivity index (χ3v) is 3.41. The molecule has 0 aromatic carbocycles. The van der Waals surface area contributed by atoms with Gasteiger partial charge in [0.05, 0.1) is 17.9 Å². The van der Waals surface area contributed by atoms with E-state index in [9.17, 15) is 9.59 Å². The fourth-order valence-electron chi connectivity index (χ4n) is 2.39. The van der Waals surface area contributed by atoms with E-state index in [0.717, 1.165) is 11.4 Å². The fraction of sp³-hybridized carbons (Fsp3) is 0.462. The molecule has 0 radical (unpaired) electrons. The van der Waals surface area contributed by atoms with Crippen molar-refractivity contribution in [2.24, 2.45) is 7.05 Å². The number of nitrogen functional groups attached to an aromatic ring is 1. The molecule has 0 aliphatic rings. The zero-order valence-electron chi connectivity index (χ0n) is 12.7. The van der Waals surface area contributed by atoms with Gasteiger partial charge in [0.15, 0.2) is 0 Å².